The molecule has 2 aromatic rings. The van der Waals surface area contributed by atoms with Crippen molar-refractivity contribution < 1.29 is 20.0 Å². The minimum Gasteiger partial charge on any atom is -0.286 e. The maximum atomic E-state index is 11.1. The van der Waals surface area contributed by atoms with E-state index in [9.17, 15) is 9.59 Å². The Bertz CT molecular complexity index is 734. The molecule has 0 heterocycles. The Balaban J connectivity index is 0.000000472. The van der Waals surface area contributed by atoms with Gasteiger partial charge in [-0.25, -0.2) is 10.1 Å². The van der Waals surface area contributed by atoms with Gasteiger partial charge in [0.2, 0.25) is 0 Å². The first-order valence-corrected chi connectivity index (χ1v) is 16.4. The van der Waals surface area contributed by atoms with E-state index in [0.717, 1.165) is 8.95 Å². The Kier molecular flexibility index (Phi) is 18.8. The summed E-state index contributed by atoms with van der Waals surface area (Å²) in [7, 11) is 2.59. The zero-order valence-corrected chi connectivity index (χ0v) is 25.7. The first-order valence-electron chi connectivity index (χ1n) is 10.8. The van der Waals surface area contributed by atoms with Gasteiger partial charge in [0.05, 0.1) is 0 Å². The fourth-order valence-electron chi connectivity index (χ4n) is 2.29. The molecular weight excluding hydrogens is 659 g/mol. The third-order valence-corrected chi connectivity index (χ3v) is 9.28. The number of hydrogen-bond donors (Lipinski definition) is 2. The predicted octanol–water partition coefficient (Wildman–Crippen LogP) is 6.95. The minimum absolute atomic E-state index is 0.149. The molecule has 0 aliphatic heterocycles. The summed E-state index contributed by atoms with van der Waals surface area (Å²) >= 11 is 6.64. The molecule has 33 heavy (non-hydrogen) atoms. The third-order valence-electron chi connectivity index (χ3n) is 4.18. The Hall–Kier alpha value is -0.941. The van der Waals surface area contributed by atoms with E-state index in [1.54, 1.807) is 57.4 Å². The van der Waals surface area contributed by atoms with Gasteiger partial charge >= 0.3 is 69.5 Å². The SMILES string of the molecule is CCC[CH2][Sn][CH2]CCC.CN(O)C(=O)c1ccc(Br)cc1.CN(O)C(=O)c1ccc(Br)cc1. The van der Waals surface area contributed by atoms with Crippen LogP contribution < -0.4 is 0 Å². The van der Waals surface area contributed by atoms with Crippen LogP contribution in [0, 0.1) is 0 Å². The van der Waals surface area contributed by atoms with E-state index >= 15 is 0 Å². The molecule has 0 atom stereocenters. The number of hydrogen-bond acceptors (Lipinski definition) is 4. The van der Waals surface area contributed by atoms with Crippen molar-refractivity contribution in [2.45, 2.75) is 48.4 Å². The molecule has 2 rings (SSSR count). The van der Waals surface area contributed by atoms with E-state index in [2.05, 4.69) is 45.7 Å². The monoisotopic (exact) mass is 692 g/mol. The van der Waals surface area contributed by atoms with Crippen LogP contribution in [0.15, 0.2) is 57.5 Å². The summed E-state index contributed by atoms with van der Waals surface area (Å²) in [5.41, 5.74) is 0.923. The predicted molar refractivity (Wildman–Crippen MR) is 141 cm³/mol. The van der Waals surface area contributed by atoms with Crippen LogP contribution in [0.2, 0.25) is 8.87 Å². The Morgan fingerprint density at radius 2 is 1.03 bits per heavy atom. The Morgan fingerprint density at radius 1 is 0.727 bits per heavy atom. The normalized spacial score (nSPS) is 9.70. The van der Waals surface area contributed by atoms with E-state index in [-0.39, 0.29) is 21.1 Å². The van der Waals surface area contributed by atoms with E-state index in [1.165, 1.54) is 39.8 Å². The average molecular weight is 693 g/mol. The summed E-state index contributed by atoms with van der Waals surface area (Å²) in [5, 5.41) is 18.7. The standard InChI is InChI=1S/2C8H8BrNO2.2C4H9.Sn/c2*1-10(12)8(11)6-2-4-7(9)5-3-6;2*1-3-4-2;/h2*2-5,12H,1H3;2*1,3-4H2,2H3;. The van der Waals surface area contributed by atoms with E-state index in [0.29, 0.717) is 21.3 Å². The first kappa shape index (κ1) is 32.1. The molecule has 6 nitrogen and oxygen atoms in total. The second-order valence-corrected chi connectivity index (χ2v) is 13.2. The molecule has 2 amide bonds. The van der Waals surface area contributed by atoms with Gasteiger partial charge < -0.3 is 0 Å². The van der Waals surface area contributed by atoms with Crippen LogP contribution in [-0.2, 0) is 0 Å². The molecule has 0 aliphatic carbocycles. The number of rotatable bonds is 8. The molecule has 0 aliphatic rings. The second kappa shape index (κ2) is 19.4. The zero-order valence-electron chi connectivity index (χ0n) is 19.7. The molecule has 2 N–H and O–H groups in total. The quantitative estimate of drug-likeness (QED) is 0.136. The van der Waals surface area contributed by atoms with Gasteiger partial charge in [-0.1, -0.05) is 31.9 Å². The third kappa shape index (κ3) is 15.6. The number of carbonyl (C=O) groups excluding carboxylic acids is 2. The molecule has 0 unspecified atom stereocenters. The molecule has 0 aromatic heterocycles. The van der Waals surface area contributed by atoms with Crippen molar-refractivity contribution in [3.8, 4) is 0 Å². The summed E-state index contributed by atoms with van der Waals surface area (Å²) < 4.78 is 5.05. The van der Waals surface area contributed by atoms with Crippen LogP contribution >= 0.6 is 31.9 Å². The number of carbonyl (C=O) groups is 2. The summed E-state index contributed by atoms with van der Waals surface area (Å²) in [6, 6.07) is 13.5. The maximum absolute atomic E-state index is 11.1. The van der Waals surface area contributed by atoms with Gasteiger partial charge in [0.1, 0.15) is 0 Å². The Morgan fingerprint density at radius 3 is 1.27 bits per heavy atom. The second-order valence-electron chi connectivity index (χ2n) is 7.13. The molecule has 2 radical (unpaired) electrons. The summed E-state index contributed by atoms with van der Waals surface area (Å²) in [6.07, 6.45) is 5.84. The van der Waals surface area contributed by atoms with E-state index in [1.807, 2.05) is 0 Å². The summed E-state index contributed by atoms with van der Waals surface area (Å²) in [6.45, 7) is 4.58. The van der Waals surface area contributed by atoms with Gasteiger partial charge in [0.25, 0.3) is 11.8 Å². The van der Waals surface area contributed by atoms with Gasteiger partial charge in [0.15, 0.2) is 0 Å². The number of halogens is 2. The van der Waals surface area contributed by atoms with Crippen molar-refractivity contribution in [2.24, 2.45) is 0 Å². The number of benzene rings is 2. The molecule has 0 saturated heterocycles. The number of hydroxylamine groups is 4. The minimum atomic E-state index is -0.414. The zero-order chi connectivity index (χ0) is 25.2. The number of unbranched alkanes of at least 4 members (excludes halogenated alkanes) is 2. The number of nitrogens with zero attached hydrogens (tertiary/aromatic N) is 2. The average Bonchev–Trinajstić information content (AvgIpc) is 2.80. The van der Waals surface area contributed by atoms with Gasteiger partial charge in [-0.3, -0.25) is 20.0 Å². The van der Waals surface area contributed by atoms with Gasteiger partial charge in [-0.05, 0) is 48.5 Å². The fraction of sp³-hybridized carbons (Fsp3) is 0.417. The van der Waals surface area contributed by atoms with Crippen molar-refractivity contribution in [3.63, 3.8) is 0 Å². The smallest absolute Gasteiger partial charge is 0.276 e. The molecule has 0 spiro atoms. The molecule has 0 fully saturated rings. The summed E-state index contributed by atoms with van der Waals surface area (Å²) in [5.74, 6) is -0.829. The van der Waals surface area contributed by atoms with Crippen LogP contribution in [0.25, 0.3) is 0 Å². The van der Waals surface area contributed by atoms with Crippen molar-refractivity contribution >= 4 is 64.8 Å². The van der Waals surface area contributed by atoms with Crippen molar-refractivity contribution in [3.05, 3.63) is 68.6 Å². The van der Waals surface area contributed by atoms with Crippen LogP contribution in [0.5, 0.6) is 0 Å². The van der Waals surface area contributed by atoms with Gasteiger partial charge in [0, 0.05) is 34.2 Å². The molecule has 0 bridgehead atoms. The molecular formula is C24H34Br2N2O4Sn. The maximum Gasteiger partial charge on any atom is 0.276 e. The van der Waals surface area contributed by atoms with Crippen LogP contribution in [0.3, 0.4) is 0 Å². The summed E-state index contributed by atoms with van der Waals surface area (Å²) in [4.78, 5) is 22.2. The van der Waals surface area contributed by atoms with Crippen LogP contribution in [-0.4, -0.2) is 67.6 Å². The molecule has 182 valence electrons. The first-order chi connectivity index (χ1) is 15.6. The molecule has 0 saturated carbocycles. The largest absolute Gasteiger partial charge is 0.286 e. The van der Waals surface area contributed by atoms with Gasteiger partial charge in [-0.2, -0.15) is 0 Å². The van der Waals surface area contributed by atoms with E-state index < -0.39 is 11.8 Å². The van der Waals surface area contributed by atoms with E-state index in [4.69, 9.17) is 10.4 Å². The van der Waals surface area contributed by atoms with Crippen molar-refractivity contribution in [1.82, 2.24) is 10.1 Å². The van der Waals surface area contributed by atoms with Gasteiger partial charge in [-0.15, -0.1) is 0 Å². The topological polar surface area (TPSA) is 81.1 Å². The molecule has 2 aromatic carbocycles. The van der Waals surface area contributed by atoms with Crippen LogP contribution in [0.4, 0.5) is 0 Å². The van der Waals surface area contributed by atoms with Crippen molar-refractivity contribution in [1.29, 1.82) is 0 Å². The van der Waals surface area contributed by atoms with Crippen molar-refractivity contribution in [2.75, 3.05) is 14.1 Å². The Labute approximate surface area is 224 Å². The van der Waals surface area contributed by atoms with Crippen LogP contribution in [0.1, 0.15) is 60.2 Å². The fourth-order valence-corrected chi connectivity index (χ4v) is 6.97. The number of amides is 2. The molecule has 9 heteroatoms.